The highest BCUT2D eigenvalue weighted by atomic mass is 32.2. The SMILES string of the molecule is CCSc1ccc(CCNCC(C)(C)N)cc1. The van der Waals surface area contributed by atoms with Crippen LogP contribution in [0.3, 0.4) is 0 Å². The van der Waals surface area contributed by atoms with E-state index in [0.29, 0.717) is 0 Å². The van der Waals surface area contributed by atoms with Crippen LogP contribution in [0.15, 0.2) is 29.2 Å². The first kappa shape index (κ1) is 14.6. The van der Waals surface area contributed by atoms with Crippen molar-refractivity contribution in [3.63, 3.8) is 0 Å². The molecule has 17 heavy (non-hydrogen) atoms. The summed E-state index contributed by atoms with van der Waals surface area (Å²) in [5.74, 6) is 1.13. The van der Waals surface area contributed by atoms with Gasteiger partial charge in [0.25, 0.3) is 0 Å². The predicted molar refractivity (Wildman–Crippen MR) is 77.7 cm³/mol. The smallest absolute Gasteiger partial charge is 0.0223 e. The number of rotatable bonds is 7. The number of hydrogen-bond donors (Lipinski definition) is 2. The molecule has 0 aliphatic rings. The summed E-state index contributed by atoms with van der Waals surface area (Å²) in [5.41, 5.74) is 7.16. The van der Waals surface area contributed by atoms with Crippen LogP contribution in [0.2, 0.25) is 0 Å². The van der Waals surface area contributed by atoms with Crippen molar-refractivity contribution in [2.75, 3.05) is 18.8 Å². The third-order valence-corrected chi connectivity index (χ3v) is 3.30. The summed E-state index contributed by atoms with van der Waals surface area (Å²) < 4.78 is 0. The highest BCUT2D eigenvalue weighted by Gasteiger charge is 2.08. The standard InChI is InChI=1S/C14H24N2S/c1-4-17-13-7-5-12(6-8-13)9-10-16-11-14(2,3)15/h5-8,16H,4,9-11,15H2,1-3H3. The molecule has 0 unspecified atom stereocenters. The van der Waals surface area contributed by atoms with Crippen molar-refractivity contribution in [1.82, 2.24) is 5.32 Å². The summed E-state index contributed by atoms with van der Waals surface area (Å²) in [6, 6.07) is 8.84. The van der Waals surface area contributed by atoms with Crippen LogP contribution in [-0.2, 0) is 6.42 Å². The Morgan fingerprint density at radius 3 is 2.41 bits per heavy atom. The van der Waals surface area contributed by atoms with E-state index < -0.39 is 0 Å². The third kappa shape index (κ3) is 6.71. The molecule has 0 aromatic heterocycles. The Hall–Kier alpha value is -0.510. The van der Waals surface area contributed by atoms with E-state index in [2.05, 4.69) is 36.5 Å². The van der Waals surface area contributed by atoms with Gasteiger partial charge in [-0.1, -0.05) is 19.1 Å². The second kappa shape index (κ2) is 7.04. The monoisotopic (exact) mass is 252 g/mol. The van der Waals surface area contributed by atoms with Gasteiger partial charge in [0.15, 0.2) is 0 Å². The van der Waals surface area contributed by atoms with Gasteiger partial charge in [0.2, 0.25) is 0 Å². The van der Waals surface area contributed by atoms with E-state index in [-0.39, 0.29) is 5.54 Å². The second-order valence-corrected chi connectivity index (χ2v) is 6.33. The largest absolute Gasteiger partial charge is 0.324 e. The molecule has 1 aromatic rings. The minimum atomic E-state index is -0.123. The van der Waals surface area contributed by atoms with Gasteiger partial charge in [-0.3, -0.25) is 0 Å². The van der Waals surface area contributed by atoms with Gasteiger partial charge in [-0.05, 0) is 50.3 Å². The molecule has 1 aromatic carbocycles. The molecule has 2 nitrogen and oxygen atoms in total. The summed E-state index contributed by atoms with van der Waals surface area (Å²) >= 11 is 1.88. The van der Waals surface area contributed by atoms with Gasteiger partial charge in [0.1, 0.15) is 0 Å². The van der Waals surface area contributed by atoms with Gasteiger partial charge >= 0.3 is 0 Å². The van der Waals surface area contributed by atoms with Gasteiger partial charge in [-0.25, -0.2) is 0 Å². The highest BCUT2D eigenvalue weighted by Crippen LogP contribution is 2.17. The van der Waals surface area contributed by atoms with E-state index in [9.17, 15) is 0 Å². The Bertz CT molecular complexity index is 314. The fourth-order valence-electron chi connectivity index (χ4n) is 1.56. The highest BCUT2D eigenvalue weighted by molar-refractivity contribution is 7.99. The Labute approximate surface area is 109 Å². The molecule has 0 radical (unpaired) electrons. The Balaban J connectivity index is 2.27. The zero-order valence-corrected chi connectivity index (χ0v) is 11.9. The van der Waals surface area contributed by atoms with E-state index >= 15 is 0 Å². The van der Waals surface area contributed by atoms with Crippen molar-refractivity contribution in [3.05, 3.63) is 29.8 Å². The molecular weight excluding hydrogens is 228 g/mol. The van der Waals surface area contributed by atoms with Crippen molar-refractivity contribution in [2.24, 2.45) is 5.73 Å². The minimum Gasteiger partial charge on any atom is -0.324 e. The van der Waals surface area contributed by atoms with Crippen LogP contribution in [0.1, 0.15) is 26.3 Å². The summed E-state index contributed by atoms with van der Waals surface area (Å²) in [6.07, 6.45) is 1.06. The first-order valence-corrected chi connectivity index (χ1v) is 7.21. The van der Waals surface area contributed by atoms with Crippen molar-refractivity contribution in [1.29, 1.82) is 0 Å². The van der Waals surface area contributed by atoms with Gasteiger partial charge in [-0.15, -0.1) is 11.8 Å². The summed E-state index contributed by atoms with van der Waals surface area (Å²) in [6.45, 7) is 8.10. The minimum absolute atomic E-state index is 0.123. The Morgan fingerprint density at radius 1 is 1.24 bits per heavy atom. The first-order chi connectivity index (χ1) is 8.01. The molecule has 0 aliphatic carbocycles. The molecule has 3 N–H and O–H groups in total. The molecule has 3 heteroatoms. The molecular formula is C14H24N2S. The Morgan fingerprint density at radius 2 is 1.88 bits per heavy atom. The lowest BCUT2D eigenvalue weighted by Gasteiger charge is -2.18. The van der Waals surface area contributed by atoms with E-state index in [0.717, 1.165) is 25.3 Å². The number of benzene rings is 1. The molecule has 0 aliphatic heterocycles. The molecule has 1 rings (SSSR count). The van der Waals surface area contributed by atoms with Gasteiger partial charge in [0, 0.05) is 17.0 Å². The molecule has 0 atom stereocenters. The quantitative estimate of drug-likeness (QED) is 0.579. The van der Waals surface area contributed by atoms with Crippen molar-refractivity contribution in [3.8, 4) is 0 Å². The average Bonchev–Trinajstić information content (AvgIpc) is 2.26. The van der Waals surface area contributed by atoms with Crippen molar-refractivity contribution < 1.29 is 0 Å². The lowest BCUT2D eigenvalue weighted by molar-refractivity contribution is 0.469. The van der Waals surface area contributed by atoms with Crippen molar-refractivity contribution in [2.45, 2.75) is 37.6 Å². The van der Waals surface area contributed by atoms with Crippen molar-refractivity contribution >= 4 is 11.8 Å². The van der Waals surface area contributed by atoms with Gasteiger partial charge in [0.05, 0.1) is 0 Å². The number of nitrogens with two attached hydrogens (primary N) is 1. The van der Waals surface area contributed by atoms with E-state index in [1.807, 2.05) is 25.6 Å². The summed E-state index contributed by atoms with van der Waals surface area (Å²) in [5, 5.41) is 3.38. The molecule has 0 spiro atoms. The predicted octanol–water partition coefficient (Wildman–Crippen LogP) is 2.67. The summed E-state index contributed by atoms with van der Waals surface area (Å²) in [4.78, 5) is 1.35. The lowest BCUT2D eigenvalue weighted by atomic mass is 10.1. The Kier molecular flexibility index (Phi) is 6.03. The molecule has 0 amide bonds. The number of nitrogens with one attached hydrogen (secondary N) is 1. The molecule has 0 saturated carbocycles. The fourth-order valence-corrected chi connectivity index (χ4v) is 2.22. The second-order valence-electron chi connectivity index (χ2n) is 4.99. The fraction of sp³-hybridized carbons (Fsp3) is 0.571. The summed E-state index contributed by atoms with van der Waals surface area (Å²) in [7, 11) is 0. The maximum absolute atomic E-state index is 5.90. The van der Waals surface area contributed by atoms with Crippen LogP contribution in [-0.4, -0.2) is 24.4 Å². The van der Waals surface area contributed by atoms with E-state index in [1.54, 1.807) is 0 Å². The third-order valence-electron chi connectivity index (χ3n) is 2.41. The van der Waals surface area contributed by atoms with Crippen LogP contribution < -0.4 is 11.1 Å². The maximum Gasteiger partial charge on any atom is 0.0223 e. The first-order valence-electron chi connectivity index (χ1n) is 6.22. The lowest BCUT2D eigenvalue weighted by Crippen LogP contribution is -2.43. The van der Waals surface area contributed by atoms with Crippen LogP contribution >= 0.6 is 11.8 Å². The van der Waals surface area contributed by atoms with Crippen LogP contribution in [0.5, 0.6) is 0 Å². The normalized spacial score (nSPS) is 11.8. The molecule has 0 heterocycles. The van der Waals surface area contributed by atoms with Crippen LogP contribution in [0, 0.1) is 0 Å². The zero-order chi connectivity index (χ0) is 12.7. The number of thioether (sulfide) groups is 1. The van der Waals surface area contributed by atoms with Gasteiger partial charge < -0.3 is 11.1 Å². The molecule has 0 bridgehead atoms. The average molecular weight is 252 g/mol. The van der Waals surface area contributed by atoms with E-state index in [1.165, 1.54) is 10.5 Å². The molecule has 0 saturated heterocycles. The topological polar surface area (TPSA) is 38.0 Å². The maximum atomic E-state index is 5.90. The zero-order valence-electron chi connectivity index (χ0n) is 11.1. The number of hydrogen-bond acceptors (Lipinski definition) is 3. The molecule has 0 fully saturated rings. The van der Waals surface area contributed by atoms with Crippen LogP contribution in [0.25, 0.3) is 0 Å². The molecule has 96 valence electrons. The van der Waals surface area contributed by atoms with E-state index in [4.69, 9.17) is 5.73 Å². The van der Waals surface area contributed by atoms with Crippen LogP contribution in [0.4, 0.5) is 0 Å². The van der Waals surface area contributed by atoms with Gasteiger partial charge in [-0.2, -0.15) is 0 Å².